The maximum Gasteiger partial charge on any atom is 0.303 e. The van der Waals surface area contributed by atoms with Crippen LogP contribution in [-0.2, 0) is 19.1 Å². The van der Waals surface area contributed by atoms with Crippen molar-refractivity contribution in [1.29, 1.82) is 0 Å². The lowest BCUT2D eigenvalue weighted by Gasteiger charge is -2.53. The Labute approximate surface area is 259 Å². The van der Waals surface area contributed by atoms with Gasteiger partial charge in [0.2, 0.25) is 0 Å². The van der Waals surface area contributed by atoms with Crippen molar-refractivity contribution in [2.75, 3.05) is 13.2 Å². The molecule has 2 saturated carbocycles. The van der Waals surface area contributed by atoms with Gasteiger partial charge in [0.1, 0.15) is 17.3 Å². The minimum absolute atomic E-state index is 0.0372. The minimum atomic E-state index is -1.84. The van der Waals surface area contributed by atoms with E-state index in [0.29, 0.717) is 17.8 Å². The molecule has 43 heavy (non-hydrogen) atoms. The molecule has 0 aliphatic heterocycles. The molecular formula is C36H58O7. The summed E-state index contributed by atoms with van der Waals surface area (Å²) in [5, 5.41) is 34.8. The normalized spacial score (nSPS) is 37.5. The molecule has 7 nitrogen and oxygen atoms in total. The van der Waals surface area contributed by atoms with Gasteiger partial charge in [0, 0.05) is 49.0 Å². The minimum Gasteiger partial charge on any atom is -0.456 e. The van der Waals surface area contributed by atoms with Gasteiger partial charge in [-0.2, -0.15) is 0 Å². The van der Waals surface area contributed by atoms with E-state index in [4.69, 9.17) is 9.47 Å². The molecule has 0 spiro atoms. The molecular weight excluding hydrogens is 544 g/mol. The van der Waals surface area contributed by atoms with Crippen molar-refractivity contribution in [2.24, 2.45) is 29.1 Å². The van der Waals surface area contributed by atoms with E-state index in [9.17, 15) is 24.9 Å². The van der Waals surface area contributed by atoms with Crippen LogP contribution in [0.2, 0.25) is 0 Å². The maximum absolute atomic E-state index is 13.3. The number of rotatable bonds is 16. The monoisotopic (exact) mass is 602 g/mol. The molecule has 8 atom stereocenters. The zero-order valence-electron chi connectivity index (χ0n) is 27.6. The summed E-state index contributed by atoms with van der Waals surface area (Å²) in [6.45, 7) is 11.5. The average molecular weight is 603 g/mol. The van der Waals surface area contributed by atoms with Crippen molar-refractivity contribution < 1.29 is 34.4 Å². The second kappa shape index (κ2) is 13.4. The Kier molecular flexibility index (Phi) is 10.7. The standard InChI is InChI=1S/C36H58O7/c1-7-8-9-10-11-12-13-14-15-16-17-18-19-42-32-25(3)35(41)28(30-33(5,6)36(30,32)43-26(4)38)21-27(23-37)22-34(40)29(35)20-24(2)31(34)39/h20-21,25,28-30,32,37,40-41H,7-19,22-23H2,1-6H3/t25-,28+,29-,30+,32-,34-,35-,36-/m1/s1. The zero-order chi connectivity index (χ0) is 31.6. The van der Waals surface area contributed by atoms with Crippen LogP contribution in [0, 0.1) is 29.1 Å². The van der Waals surface area contributed by atoms with E-state index in [-0.39, 0.29) is 18.9 Å². The number of ketones is 1. The van der Waals surface area contributed by atoms with Crippen LogP contribution in [0.3, 0.4) is 0 Å². The molecule has 0 heterocycles. The number of ether oxygens (including phenoxy) is 2. The van der Waals surface area contributed by atoms with E-state index in [2.05, 4.69) is 6.92 Å². The third-order valence-corrected chi connectivity index (χ3v) is 11.6. The Hall–Kier alpha value is -1.54. The summed E-state index contributed by atoms with van der Waals surface area (Å²) in [5.74, 6) is -3.07. The van der Waals surface area contributed by atoms with E-state index in [1.54, 1.807) is 13.0 Å². The highest BCUT2D eigenvalue weighted by Gasteiger charge is 2.87. The van der Waals surface area contributed by atoms with Gasteiger partial charge in [0.15, 0.2) is 5.78 Å². The fourth-order valence-corrected chi connectivity index (χ4v) is 9.29. The summed E-state index contributed by atoms with van der Waals surface area (Å²) in [6.07, 6.45) is 17.9. The molecule has 4 rings (SSSR count). The molecule has 0 aromatic heterocycles. The van der Waals surface area contributed by atoms with E-state index in [0.717, 1.165) is 19.3 Å². The summed E-state index contributed by atoms with van der Waals surface area (Å²) in [6, 6.07) is 0. The van der Waals surface area contributed by atoms with Gasteiger partial charge in [-0.15, -0.1) is 0 Å². The Balaban J connectivity index is 1.46. The number of unbranched alkanes of at least 4 members (excludes halogenated alkanes) is 11. The number of carbonyl (C=O) groups is 2. The number of Topliss-reactive ketones (excluding diaryl/α,β-unsaturated/α-hetero) is 1. The van der Waals surface area contributed by atoms with Crippen LogP contribution in [-0.4, -0.2) is 63.2 Å². The smallest absolute Gasteiger partial charge is 0.303 e. The van der Waals surface area contributed by atoms with E-state index in [1.807, 2.05) is 26.8 Å². The summed E-state index contributed by atoms with van der Waals surface area (Å²) >= 11 is 0. The first kappa shape index (κ1) is 34.3. The van der Waals surface area contributed by atoms with Gasteiger partial charge in [0.05, 0.1) is 12.2 Å². The fourth-order valence-electron chi connectivity index (χ4n) is 9.29. The molecule has 0 aromatic carbocycles. The van der Waals surface area contributed by atoms with Crippen LogP contribution in [0.4, 0.5) is 0 Å². The third-order valence-electron chi connectivity index (χ3n) is 11.6. The lowest BCUT2D eigenvalue weighted by atomic mass is 9.59. The van der Waals surface area contributed by atoms with Crippen molar-refractivity contribution in [3.63, 3.8) is 0 Å². The quantitative estimate of drug-likeness (QED) is 0.109. The van der Waals surface area contributed by atoms with E-state index < -0.39 is 57.8 Å². The molecule has 4 aliphatic rings. The summed E-state index contributed by atoms with van der Waals surface area (Å²) in [7, 11) is 0. The second-order valence-corrected chi connectivity index (χ2v) is 14.7. The predicted molar refractivity (Wildman–Crippen MR) is 167 cm³/mol. The molecule has 244 valence electrons. The Morgan fingerprint density at radius 1 is 0.953 bits per heavy atom. The largest absolute Gasteiger partial charge is 0.456 e. The summed E-state index contributed by atoms with van der Waals surface area (Å²) in [5.41, 5.74) is -3.91. The highest BCUT2D eigenvalue weighted by atomic mass is 16.6. The third kappa shape index (κ3) is 5.93. The molecule has 0 radical (unpaired) electrons. The lowest BCUT2D eigenvalue weighted by molar-refractivity contribution is -0.229. The first-order valence-electron chi connectivity index (χ1n) is 17.1. The van der Waals surface area contributed by atoms with Crippen LogP contribution in [0.15, 0.2) is 23.3 Å². The number of aliphatic hydroxyl groups is 3. The first-order valence-corrected chi connectivity index (χ1v) is 17.1. The van der Waals surface area contributed by atoms with Gasteiger partial charge in [0.25, 0.3) is 0 Å². The number of esters is 1. The molecule has 0 amide bonds. The molecule has 3 N–H and O–H groups in total. The number of fused-ring (bicyclic) bond motifs is 5. The number of hydrogen-bond acceptors (Lipinski definition) is 7. The predicted octanol–water partition coefficient (Wildman–Crippen LogP) is 6.23. The number of carbonyl (C=O) groups excluding carboxylic acids is 2. The van der Waals surface area contributed by atoms with Crippen molar-refractivity contribution in [2.45, 2.75) is 148 Å². The highest BCUT2D eigenvalue weighted by Crippen LogP contribution is 2.77. The van der Waals surface area contributed by atoms with Crippen LogP contribution in [0.5, 0.6) is 0 Å². The Morgan fingerprint density at radius 3 is 2.05 bits per heavy atom. The molecule has 0 aromatic rings. The highest BCUT2D eigenvalue weighted by molar-refractivity contribution is 6.04. The van der Waals surface area contributed by atoms with Gasteiger partial charge in [-0.3, -0.25) is 9.59 Å². The van der Waals surface area contributed by atoms with Gasteiger partial charge >= 0.3 is 5.97 Å². The number of hydrogen-bond donors (Lipinski definition) is 3. The Bertz CT molecular complexity index is 1080. The van der Waals surface area contributed by atoms with Crippen LogP contribution in [0.1, 0.15) is 125 Å². The SMILES string of the molecule is CCCCCCCCCCCCCCO[C@@H]1[C@@H](C)[C@@]2(O)[C@@H](C=C(CO)C[C@]3(O)C(=O)C(C)=C[C@@H]23)[C@H]2C(C)(C)[C@]12OC(C)=O. The van der Waals surface area contributed by atoms with Crippen LogP contribution < -0.4 is 0 Å². The Morgan fingerprint density at radius 2 is 1.51 bits per heavy atom. The summed E-state index contributed by atoms with van der Waals surface area (Å²) in [4.78, 5) is 25.8. The molecule has 7 heteroatoms. The molecule has 0 unspecified atom stereocenters. The zero-order valence-corrected chi connectivity index (χ0v) is 27.6. The molecule has 0 saturated heterocycles. The van der Waals surface area contributed by atoms with Crippen molar-refractivity contribution in [3.05, 3.63) is 23.3 Å². The van der Waals surface area contributed by atoms with Gasteiger partial charge in [-0.25, -0.2) is 0 Å². The average Bonchev–Trinajstić information content (AvgIpc) is 3.37. The lowest BCUT2D eigenvalue weighted by Crippen LogP contribution is -2.66. The van der Waals surface area contributed by atoms with Crippen molar-refractivity contribution in [1.82, 2.24) is 0 Å². The van der Waals surface area contributed by atoms with Crippen molar-refractivity contribution >= 4 is 11.8 Å². The maximum atomic E-state index is 13.3. The number of aliphatic hydroxyl groups excluding tert-OH is 1. The topological polar surface area (TPSA) is 113 Å². The van der Waals surface area contributed by atoms with Crippen LogP contribution >= 0.6 is 0 Å². The fraction of sp³-hybridized carbons (Fsp3) is 0.833. The molecule has 0 bridgehead atoms. The van der Waals surface area contributed by atoms with E-state index in [1.165, 1.54) is 64.7 Å². The molecule has 4 aliphatic carbocycles. The van der Waals surface area contributed by atoms with E-state index >= 15 is 0 Å². The van der Waals surface area contributed by atoms with Gasteiger partial charge in [-0.05, 0) is 24.5 Å². The summed E-state index contributed by atoms with van der Waals surface area (Å²) < 4.78 is 12.8. The second-order valence-electron chi connectivity index (χ2n) is 14.7. The first-order chi connectivity index (χ1) is 20.3. The molecule has 2 fully saturated rings. The van der Waals surface area contributed by atoms with Gasteiger partial charge < -0.3 is 24.8 Å². The van der Waals surface area contributed by atoms with Crippen molar-refractivity contribution in [3.8, 4) is 0 Å². The van der Waals surface area contributed by atoms with Crippen LogP contribution in [0.25, 0.3) is 0 Å². The van der Waals surface area contributed by atoms with Gasteiger partial charge in [-0.1, -0.05) is 110 Å².